The number of nitrogens with zero attached hydrogens (tertiary/aromatic N) is 1. The molecule has 1 fully saturated rings. The van der Waals surface area contributed by atoms with Crippen molar-refractivity contribution in [3.63, 3.8) is 0 Å². The summed E-state index contributed by atoms with van der Waals surface area (Å²) in [6.07, 6.45) is 1.70. The summed E-state index contributed by atoms with van der Waals surface area (Å²) in [5.74, 6) is -3.49. The van der Waals surface area contributed by atoms with E-state index in [1.54, 1.807) is 12.1 Å². The monoisotopic (exact) mass is 494 g/mol. The van der Waals surface area contributed by atoms with Crippen molar-refractivity contribution < 1.29 is 22.4 Å². The molecule has 1 atom stereocenters. The van der Waals surface area contributed by atoms with Crippen LogP contribution < -0.4 is 10.9 Å². The van der Waals surface area contributed by atoms with Crippen LogP contribution in [0.4, 0.5) is 17.6 Å². The molecule has 1 heterocycles. The molecule has 184 valence electrons. The molecule has 1 amide bonds. The van der Waals surface area contributed by atoms with Crippen molar-refractivity contribution in [3.8, 4) is 0 Å². The Morgan fingerprint density at radius 3 is 2.28 bits per heavy atom. The van der Waals surface area contributed by atoms with Gasteiger partial charge in [-0.1, -0.05) is 30.3 Å². The maximum Gasteiger partial charge on any atom is 0.261 e. The van der Waals surface area contributed by atoms with Gasteiger partial charge < -0.3 is 9.88 Å². The first-order chi connectivity index (χ1) is 17.3. The molecule has 8 heteroatoms. The average Bonchev–Trinajstić information content (AvgIpc) is 3.67. The second kappa shape index (κ2) is 9.26. The summed E-state index contributed by atoms with van der Waals surface area (Å²) < 4.78 is 58.6. The Kier molecular flexibility index (Phi) is 6.12. The van der Waals surface area contributed by atoms with Gasteiger partial charge in [-0.25, -0.2) is 17.6 Å². The number of aromatic nitrogens is 1. The van der Waals surface area contributed by atoms with Crippen LogP contribution in [0.3, 0.4) is 0 Å². The van der Waals surface area contributed by atoms with Gasteiger partial charge in [0.1, 0.15) is 23.3 Å². The second-order valence-corrected chi connectivity index (χ2v) is 9.06. The minimum atomic E-state index is -0.860. The second-order valence-electron chi connectivity index (χ2n) is 9.06. The highest BCUT2D eigenvalue weighted by molar-refractivity contribution is 6.08. The predicted molar refractivity (Wildman–Crippen MR) is 128 cm³/mol. The molecule has 0 unspecified atom stereocenters. The van der Waals surface area contributed by atoms with Crippen LogP contribution in [-0.2, 0) is 6.54 Å². The average molecular weight is 494 g/mol. The molecule has 1 N–H and O–H groups in total. The number of nitrogens with one attached hydrogen (secondary N) is 1. The molecule has 0 bridgehead atoms. The van der Waals surface area contributed by atoms with E-state index in [2.05, 4.69) is 5.32 Å². The van der Waals surface area contributed by atoms with Crippen LogP contribution in [0.2, 0.25) is 0 Å². The summed E-state index contributed by atoms with van der Waals surface area (Å²) in [6.45, 7) is 0.956. The maximum atomic E-state index is 14.9. The fourth-order valence-electron chi connectivity index (χ4n) is 4.70. The topological polar surface area (TPSA) is 51.1 Å². The molecule has 4 nitrogen and oxygen atoms in total. The van der Waals surface area contributed by atoms with E-state index >= 15 is 0 Å². The Labute approximate surface area is 204 Å². The number of rotatable bonds is 6. The Hall–Kier alpha value is -3.94. The summed E-state index contributed by atoms with van der Waals surface area (Å²) in [5.41, 5.74) is -0.431. The zero-order valence-electron chi connectivity index (χ0n) is 19.3. The first-order valence-corrected chi connectivity index (χ1v) is 11.6. The number of benzene rings is 3. The number of carbonyl (C=O) groups excluding carboxylic acids is 1. The number of halogens is 4. The SMILES string of the molecule is Cc1c(C(=O)N[C@H](c2cccc(F)c2)C2CC2)c2cccc(F)c2c(=O)n1Cc1c(F)cccc1F. The molecule has 0 spiro atoms. The van der Waals surface area contributed by atoms with E-state index in [4.69, 9.17) is 0 Å². The van der Waals surface area contributed by atoms with E-state index in [9.17, 15) is 27.2 Å². The first kappa shape index (κ1) is 23.8. The van der Waals surface area contributed by atoms with Crippen molar-refractivity contribution >= 4 is 16.7 Å². The molecule has 5 rings (SSSR count). The first-order valence-electron chi connectivity index (χ1n) is 11.6. The minimum Gasteiger partial charge on any atom is -0.345 e. The van der Waals surface area contributed by atoms with Crippen LogP contribution in [0.15, 0.2) is 65.5 Å². The molecular formula is C28H22F4N2O2. The van der Waals surface area contributed by atoms with E-state index in [0.29, 0.717) is 5.56 Å². The lowest BCUT2D eigenvalue weighted by Crippen LogP contribution is -2.34. The lowest BCUT2D eigenvalue weighted by atomic mass is 9.99. The van der Waals surface area contributed by atoms with Crippen LogP contribution in [-0.4, -0.2) is 10.5 Å². The van der Waals surface area contributed by atoms with Gasteiger partial charge in [-0.2, -0.15) is 0 Å². The highest BCUT2D eigenvalue weighted by atomic mass is 19.1. The van der Waals surface area contributed by atoms with Gasteiger partial charge in [-0.3, -0.25) is 9.59 Å². The number of amides is 1. The van der Waals surface area contributed by atoms with Crippen LogP contribution >= 0.6 is 0 Å². The largest absolute Gasteiger partial charge is 0.345 e. The van der Waals surface area contributed by atoms with Gasteiger partial charge in [0.15, 0.2) is 0 Å². The smallest absolute Gasteiger partial charge is 0.261 e. The Bertz CT molecular complexity index is 1540. The Balaban J connectivity index is 1.65. The number of hydrogen-bond acceptors (Lipinski definition) is 2. The van der Waals surface area contributed by atoms with Gasteiger partial charge in [0, 0.05) is 16.6 Å². The van der Waals surface area contributed by atoms with E-state index < -0.39 is 47.3 Å². The van der Waals surface area contributed by atoms with Crippen molar-refractivity contribution in [2.45, 2.75) is 32.4 Å². The standard InChI is InChI=1S/C28H22F4N2O2/c1-15-24(27(35)33-26(16-11-12-16)17-5-2-6-18(29)13-17)19-7-3-10-23(32)25(19)28(36)34(15)14-20-21(30)8-4-9-22(20)31/h2-10,13,16,26H,11-12,14H2,1H3,(H,33,35)/t26-/m0/s1. The summed E-state index contributed by atoms with van der Waals surface area (Å²) in [5, 5.41) is 2.68. The molecule has 0 radical (unpaired) electrons. The zero-order valence-corrected chi connectivity index (χ0v) is 19.3. The molecule has 1 saturated carbocycles. The summed E-state index contributed by atoms with van der Waals surface area (Å²) in [4.78, 5) is 26.9. The van der Waals surface area contributed by atoms with Crippen LogP contribution in [0.5, 0.6) is 0 Å². The Morgan fingerprint density at radius 1 is 0.972 bits per heavy atom. The van der Waals surface area contributed by atoms with Crippen LogP contribution in [0.25, 0.3) is 10.8 Å². The third kappa shape index (κ3) is 4.27. The van der Waals surface area contributed by atoms with E-state index in [-0.39, 0.29) is 33.5 Å². The van der Waals surface area contributed by atoms with E-state index in [0.717, 1.165) is 35.6 Å². The third-order valence-corrected chi connectivity index (χ3v) is 6.70. The molecular weight excluding hydrogens is 472 g/mol. The van der Waals surface area contributed by atoms with Gasteiger partial charge in [0.25, 0.3) is 11.5 Å². The van der Waals surface area contributed by atoms with Crippen molar-refractivity contribution in [2.24, 2.45) is 5.92 Å². The number of carbonyl (C=O) groups is 1. The zero-order chi connectivity index (χ0) is 25.6. The summed E-state index contributed by atoms with van der Waals surface area (Å²) in [6, 6.07) is 12.7. The van der Waals surface area contributed by atoms with Gasteiger partial charge >= 0.3 is 0 Å². The van der Waals surface area contributed by atoms with Crippen LogP contribution in [0, 0.1) is 36.1 Å². The van der Waals surface area contributed by atoms with E-state index in [1.165, 1.54) is 37.3 Å². The highest BCUT2D eigenvalue weighted by Gasteiger charge is 2.35. The summed E-state index contributed by atoms with van der Waals surface area (Å²) >= 11 is 0. The van der Waals surface area contributed by atoms with Crippen molar-refractivity contribution in [1.29, 1.82) is 0 Å². The molecule has 1 aliphatic rings. The number of pyridine rings is 1. The van der Waals surface area contributed by atoms with Gasteiger partial charge in [-0.05, 0) is 61.6 Å². The minimum absolute atomic E-state index is 0.0166. The number of hydrogen-bond donors (Lipinski definition) is 1. The van der Waals surface area contributed by atoms with Crippen molar-refractivity contribution in [3.05, 3.63) is 117 Å². The predicted octanol–water partition coefficient (Wildman–Crippen LogP) is 5.80. The molecule has 0 aliphatic heterocycles. The normalized spacial score (nSPS) is 14.1. The fourth-order valence-corrected chi connectivity index (χ4v) is 4.70. The van der Waals surface area contributed by atoms with Crippen molar-refractivity contribution in [1.82, 2.24) is 9.88 Å². The Morgan fingerprint density at radius 2 is 1.61 bits per heavy atom. The third-order valence-electron chi connectivity index (χ3n) is 6.70. The lowest BCUT2D eigenvalue weighted by molar-refractivity contribution is 0.0931. The number of fused-ring (bicyclic) bond motifs is 1. The van der Waals surface area contributed by atoms with Crippen LogP contribution in [0.1, 0.15) is 46.1 Å². The molecule has 4 aromatic rings. The molecule has 0 saturated heterocycles. The fraction of sp³-hybridized carbons (Fsp3) is 0.214. The maximum absolute atomic E-state index is 14.9. The lowest BCUT2D eigenvalue weighted by Gasteiger charge is -2.22. The molecule has 1 aromatic heterocycles. The van der Waals surface area contributed by atoms with Crippen molar-refractivity contribution in [2.75, 3.05) is 0 Å². The molecule has 1 aliphatic carbocycles. The quantitative estimate of drug-likeness (QED) is 0.345. The highest BCUT2D eigenvalue weighted by Crippen LogP contribution is 2.41. The van der Waals surface area contributed by atoms with Gasteiger partial charge in [0.05, 0.1) is 23.5 Å². The van der Waals surface area contributed by atoms with E-state index in [1.807, 2.05) is 0 Å². The summed E-state index contributed by atoms with van der Waals surface area (Å²) in [7, 11) is 0. The van der Waals surface area contributed by atoms with Gasteiger partial charge in [0.2, 0.25) is 0 Å². The molecule has 3 aromatic carbocycles. The molecule has 36 heavy (non-hydrogen) atoms. The van der Waals surface area contributed by atoms with Gasteiger partial charge in [-0.15, -0.1) is 0 Å².